The summed E-state index contributed by atoms with van der Waals surface area (Å²) in [7, 11) is 0. The lowest BCUT2D eigenvalue weighted by atomic mass is 10.0. The Kier molecular flexibility index (Phi) is 6.99. The molecule has 98 valence electrons. The molecule has 0 fully saturated rings. The van der Waals surface area contributed by atoms with Crippen LogP contribution in [-0.4, -0.2) is 36.8 Å². The van der Waals surface area contributed by atoms with Crippen molar-refractivity contribution in [3.8, 4) is 0 Å². The Labute approximate surface area is 96.0 Å². The fourth-order valence-electron chi connectivity index (χ4n) is 1.59. The molecule has 0 aliphatic carbocycles. The molecule has 0 heterocycles. The third kappa shape index (κ3) is 7.06. The number of nitrogens with two attached hydrogens (primary N) is 1. The molecule has 0 saturated carbocycles. The van der Waals surface area contributed by atoms with E-state index in [1.807, 2.05) is 6.92 Å². The van der Waals surface area contributed by atoms with Crippen molar-refractivity contribution in [1.82, 2.24) is 4.90 Å². The molecule has 0 radical (unpaired) electrons. The minimum absolute atomic E-state index is 0.0862. The minimum atomic E-state index is -4.12. The highest BCUT2D eigenvalue weighted by Gasteiger charge is 2.31. The van der Waals surface area contributed by atoms with Crippen LogP contribution >= 0.6 is 0 Å². The Morgan fingerprint density at radius 2 is 1.81 bits per heavy atom. The van der Waals surface area contributed by atoms with Crippen LogP contribution in [0.25, 0.3) is 0 Å². The Morgan fingerprint density at radius 1 is 1.25 bits per heavy atom. The van der Waals surface area contributed by atoms with E-state index >= 15 is 0 Å². The standard InChI is InChI=1S/C11H23F3N2/c1-4-10(7-15)5-6-16(9(2)3)8-11(12,13)14/h9-10H,4-8,15H2,1-3H3. The fourth-order valence-corrected chi connectivity index (χ4v) is 1.59. The van der Waals surface area contributed by atoms with Gasteiger partial charge in [0.1, 0.15) is 0 Å². The number of hydrogen-bond acceptors (Lipinski definition) is 2. The average molecular weight is 240 g/mol. The normalized spacial score (nSPS) is 14.8. The first kappa shape index (κ1) is 15.7. The van der Waals surface area contributed by atoms with Crippen molar-refractivity contribution in [3.05, 3.63) is 0 Å². The second kappa shape index (κ2) is 7.12. The highest BCUT2D eigenvalue weighted by Crippen LogP contribution is 2.19. The molecular weight excluding hydrogens is 217 g/mol. The zero-order chi connectivity index (χ0) is 12.8. The summed E-state index contributed by atoms with van der Waals surface area (Å²) in [4.78, 5) is 1.46. The van der Waals surface area contributed by atoms with E-state index in [4.69, 9.17) is 5.73 Å². The maximum Gasteiger partial charge on any atom is 0.401 e. The van der Waals surface area contributed by atoms with Gasteiger partial charge in [-0.05, 0) is 39.3 Å². The molecule has 0 amide bonds. The van der Waals surface area contributed by atoms with Crippen LogP contribution in [0.1, 0.15) is 33.6 Å². The number of halogens is 3. The van der Waals surface area contributed by atoms with Gasteiger partial charge in [0.25, 0.3) is 0 Å². The molecule has 0 aliphatic rings. The molecule has 0 rings (SSSR count). The lowest BCUT2D eigenvalue weighted by molar-refractivity contribution is -0.149. The van der Waals surface area contributed by atoms with E-state index in [2.05, 4.69) is 0 Å². The van der Waals surface area contributed by atoms with Crippen LogP contribution in [0.5, 0.6) is 0 Å². The quantitative estimate of drug-likeness (QED) is 0.741. The van der Waals surface area contributed by atoms with Crippen LogP contribution in [0.4, 0.5) is 13.2 Å². The summed E-state index contributed by atoms with van der Waals surface area (Å²) >= 11 is 0. The largest absolute Gasteiger partial charge is 0.401 e. The molecular formula is C11H23F3N2. The van der Waals surface area contributed by atoms with E-state index in [1.165, 1.54) is 4.90 Å². The predicted molar refractivity (Wildman–Crippen MR) is 60.2 cm³/mol. The van der Waals surface area contributed by atoms with Crippen LogP contribution in [0.3, 0.4) is 0 Å². The molecule has 0 aromatic rings. The van der Waals surface area contributed by atoms with E-state index in [1.54, 1.807) is 13.8 Å². The number of nitrogens with zero attached hydrogens (tertiary/aromatic N) is 1. The monoisotopic (exact) mass is 240 g/mol. The predicted octanol–water partition coefficient (Wildman–Crippen LogP) is 2.63. The van der Waals surface area contributed by atoms with Gasteiger partial charge in [-0.2, -0.15) is 13.2 Å². The third-order valence-electron chi connectivity index (χ3n) is 2.85. The van der Waals surface area contributed by atoms with Crippen LogP contribution in [-0.2, 0) is 0 Å². The Hall–Kier alpha value is -0.290. The van der Waals surface area contributed by atoms with Crippen LogP contribution in [0, 0.1) is 5.92 Å². The van der Waals surface area contributed by atoms with Crippen molar-refractivity contribution >= 4 is 0 Å². The molecule has 2 nitrogen and oxygen atoms in total. The van der Waals surface area contributed by atoms with Crippen molar-refractivity contribution < 1.29 is 13.2 Å². The molecule has 5 heteroatoms. The lowest BCUT2D eigenvalue weighted by Gasteiger charge is -2.28. The van der Waals surface area contributed by atoms with Gasteiger partial charge in [-0.3, -0.25) is 4.90 Å². The first-order chi connectivity index (χ1) is 7.30. The first-order valence-electron chi connectivity index (χ1n) is 5.81. The molecule has 0 aromatic heterocycles. The fraction of sp³-hybridized carbons (Fsp3) is 1.00. The van der Waals surface area contributed by atoms with Gasteiger partial charge >= 0.3 is 6.18 Å². The summed E-state index contributed by atoms with van der Waals surface area (Å²) in [6.45, 7) is 5.78. The molecule has 0 bridgehead atoms. The van der Waals surface area contributed by atoms with E-state index in [0.29, 0.717) is 19.0 Å². The molecule has 16 heavy (non-hydrogen) atoms. The molecule has 2 N–H and O–H groups in total. The minimum Gasteiger partial charge on any atom is -0.330 e. The second-order valence-corrected chi connectivity index (χ2v) is 4.48. The molecule has 0 saturated heterocycles. The van der Waals surface area contributed by atoms with Crippen molar-refractivity contribution in [2.45, 2.75) is 45.8 Å². The second-order valence-electron chi connectivity index (χ2n) is 4.48. The number of alkyl halides is 3. The molecule has 1 unspecified atom stereocenters. The van der Waals surface area contributed by atoms with E-state index in [0.717, 1.165) is 12.8 Å². The summed E-state index contributed by atoms with van der Waals surface area (Å²) in [6, 6.07) is -0.0862. The third-order valence-corrected chi connectivity index (χ3v) is 2.85. The summed E-state index contributed by atoms with van der Waals surface area (Å²) in [6.07, 6.45) is -2.45. The highest BCUT2D eigenvalue weighted by atomic mass is 19.4. The molecule has 0 aliphatic heterocycles. The zero-order valence-electron chi connectivity index (χ0n) is 10.3. The van der Waals surface area contributed by atoms with Gasteiger partial charge < -0.3 is 5.73 Å². The molecule has 1 atom stereocenters. The van der Waals surface area contributed by atoms with E-state index < -0.39 is 12.7 Å². The molecule has 0 aromatic carbocycles. The Balaban J connectivity index is 4.14. The van der Waals surface area contributed by atoms with Gasteiger partial charge in [-0.1, -0.05) is 13.3 Å². The topological polar surface area (TPSA) is 29.3 Å². The number of rotatable bonds is 7. The van der Waals surface area contributed by atoms with E-state index in [9.17, 15) is 13.2 Å². The van der Waals surface area contributed by atoms with Crippen LogP contribution in [0.15, 0.2) is 0 Å². The highest BCUT2D eigenvalue weighted by molar-refractivity contribution is 4.69. The maximum absolute atomic E-state index is 12.3. The van der Waals surface area contributed by atoms with Gasteiger partial charge in [-0.15, -0.1) is 0 Å². The average Bonchev–Trinajstić information content (AvgIpc) is 2.15. The Bertz CT molecular complexity index is 177. The van der Waals surface area contributed by atoms with Gasteiger partial charge in [0.2, 0.25) is 0 Å². The van der Waals surface area contributed by atoms with Crippen molar-refractivity contribution in [2.75, 3.05) is 19.6 Å². The maximum atomic E-state index is 12.3. The van der Waals surface area contributed by atoms with Crippen molar-refractivity contribution in [1.29, 1.82) is 0 Å². The number of hydrogen-bond donors (Lipinski definition) is 1. The Morgan fingerprint density at radius 3 is 2.12 bits per heavy atom. The summed E-state index contributed by atoms with van der Waals surface area (Å²) in [5.41, 5.74) is 5.53. The summed E-state index contributed by atoms with van der Waals surface area (Å²) in [5.74, 6) is 0.328. The van der Waals surface area contributed by atoms with Gasteiger partial charge in [-0.25, -0.2) is 0 Å². The van der Waals surface area contributed by atoms with Crippen molar-refractivity contribution in [2.24, 2.45) is 11.7 Å². The van der Waals surface area contributed by atoms with Crippen molar-refractivity contribution in [3.63, 3.8) is 0 Å². The van der Waals surface area contributed by atoms with E-state index in [-0.39, 0.29) is 6.04 Å². The molecule has 0 spiro atoms. The summed E-state index contributed by atoms with van der Waals surface area (Å²) < 4.78 is 36.9. The van der Waals surface area contributed by atoms with Gasteiger partial charge in [0.15, 0.2) is 0 Å². The van der Waals surface area contributed by atoms with Gasteiger partial charge in [0, 0.05) is 6.04 Å². The smallest absolute Gasteiger partial charge is 0.330 e. The lowest BCUT2D eigenvalue weighted by Crippen LogP contribution is -2.40. The SMILES string of the molecule is CCC(CN)CCN(CC(F)(F)F)C(C)C. The van der Waals surface area contributed by atoms with Gasteiger partial charge in [0.05, 0.1) is 6.54 Å². The van der Waals surface area contributed by atoms with Crippen LogP contribution in [0.2, 0.25) is 0 Å². The zero-order valence-corrected chi connectivity index (χ0v) is 10.3. The summed E-state index contributed by atoms with van der Waals surface area (Å²) in [5, 5.41) is 0. The first-order valence-corrected chi connectivity index (χ1v) is 5.81. The van der Waals surface area contributed by atoms with Crippen LogP contribution < -0.4 is 5.73 Å².